The van der Waals surface area contributed by atoms with Crippen LogP contribution in [0.4, 0.5) is 5.69 Å². The van der Waals surface area contributed by atoms with Crippen molar-refractivity contribution < 1.29 is 0 Å². The number of benzene rings is 2. The van der Waals surface area contributed by atoms with Gasteiger partial charge in [0, 0.05) is 19.0 Å². The molecule has 1 fully saturated rings. The van der Waals surface area contributed by atoms with Crippen LogP contribution in [0.3, 0.4) is 0 Å². The third-order valence-electron chi connectivity index (χ3n) is 5.46. The summed E-state index contributed by atoms with van der Waals surface area (Å²) in [5.74, 6) is 1.24. The van der Waals surface area contributed by atoms with Crippen LogP contribution in [0.25, 0.3) is 16.7 Å². The van der Waals surface area contributed by atoms with Crippen LogP contribution in [0, 0.1) is 0 Å². The number of fused-ring (bicyclic) bond motifs is 1. The minimum Gasteiger partial charge on any atom is -0.368 e. The van der Waals surface area contributed by atoms with E-state index in [-0.39, 0.29) is 16.5 Å². The molecule has 29 heavy (non-hydrogen) atoms. The fourth-order valence-electron chi connectivity index (χ4n) is 3.98. The maximum Gasteiger partial charge on any atom is 0.292 e. The van der Waals surface area contributed by atoms with Crippen molar-refractivity contribution in [1.29, 1.82) is 0 Å². The number of anilines is 1. The van der Waals surface area contributed by atoms with Crippen molar-refractivity contribution in [3.05, 3.63) is 82.0 Å². The molecule has 2 aromatic heterocycles. The summed E-state index contributed by atoms with van der Waals surface area (Å²) >= 11 is 6.50. The fourth-order valence-corrected chi connectivity index (χ4v) is 4.23. The predicted molar refractivity (Wildman–Crippen MR) is 115 cm³/mol. The molecular formula is C22H20ClN5O. The number of H-pyrrole nitrogens is 1. The highest BCUT2D eigenvalue weighted by Gasteiger charge is 2.26. The Kier molecular flexibility index (Phi) is 4.56. The number of halogens is 1. The smallest absolute Gasteiger partial charge is 0.292 e. The molecule has 6 nitrogen and oxygen atoms in total. The lowest BCUT2D eigenvalue weighted by molar-refractivity contribution is 0.494. The summed E-state index contributed by atoms with van der Waals surface area (Å²) in [5, 5.41) is 4.57. The van der Waals surface area contributed by atoms with Crippen LogP contribution in [0.2, 0.25) is 5.02 Å². The van der Waals surface area contributed by atoms with Crippen LogP contribution < -0.4 is 10.5 Å². The maximum absolute atomic E-state index is 12.8. The van der Waals surface area contributed by atoms with Crippen molar-refractivity contribution in [2.45, 2.75) is 18.8 Å². The Morgan fingerprint density at radius 1 is 1.07 bits per heavy atom. The zero-order valence-corrected chi connectivity index (χ0v) is 16.5. The van der Waals surface area contributed by atoms with Gasteiger partial charge in [-0.3, -0.25) is 4.79 Å². The number of aromatic amines is 1. The molecule has 0 amide bonds. The average Bonchev–Trinajstić information content (AvgIpc) is 3.21. The molecule has 5 rings (SSSR count). The first kappa shape index (κ1) is 17.9. The second-order valence-corrected chi connectivity index (χ2v) is 7.70. The van der Waals surface area contributed by atoms with Crippen LogP contribution in [-0.4, -0.2) is 32.8 Å². The summed E-state index contributed by atoms with van der Waals surface area (Å²) < 4.78 is 1.34. The van der Waals surface area contributed by atoms with Crippen LogP contribution in [0.15, 0.2) is 65.6 Å². The summed E-state index contributed by atoms with van der Waals surface area (Å²) in [6, 6.07) is 17.4. The van der Waals surface area contributed by atoms with Gasteiger partial charge in [-0.25, -0.2) is 4.98 Å². The van der Waals surface area contributed by atoms with E-state index in [1.54, 1.807) is 6.20 Å². The fraction of sp³-hybridized carbons (Fsp3) is 0.227. The van der Waals surface area contributed by atoms with Crippen molar-refractivity contribution in [2.24, 2.45) is 0 Å². The van der Waals surface area contributed by atoms with Gasteiger partial charge in [0.05, 0.1) is 28.6 Å². The monoisotopic (exact) mass is 405 g/mol. The van der Waals surface area contributed by atoms with Gasteiger partial charge in [-0.15, -0.1) is 0 Å². The molecular weight excluding hydrogens is 386 g/mol. The molecule has 146 valence electrons. The highest BCUT2D eigenvalue weighted by molar-refractivity contribution is 6.33. The molecule has 7 heteroatoms. The van der Waals surface area contributed by atoms with E-state index in [1.807, 2.05) is 54.6 Å². The number of nitrogens with one attached hydrogen (secondary N) is 1. The lowest BCUT2D eigenvalue weighted by Crippen LogP contribution is -2.36. The zero-order valence-electron chi connectivity index (χ0n) is 15.8. The minimum atomic E-state index is -0.304. The molecule has 0 saturated carbocycles. The normalized spacial score (nSPS) is 17.0. The van der Waals surface area contributed by atoms with Crippen LogP contribution in [0.5, 0.6) is 0 Å². The van der Waals surface area contributed by atoms with Crippen molar-refractivity contribution in [3.63, 3.8) is 0 Å². The second kappa shape index (κ2) is 7.37. The molecule has 0 spiro atoms. The quantitative estimate of drug-likeness (QED) is 0.556. The third-order valence-corrected chi connectivity index (χ3v) is 5.81. The van der Waals surface area contributed by atoms with E-state index in [2.05, 4.69) is 15.0 Å². The number of hydrogen-bond acceptors (Lipinski definition) is 4. The Labute approximate surface area is 172 Å². The van der Waals surface area contributed by atoms with Gasteiger partial charge in [0.1, 0.15) is 10.8 Å². The van der Waals surface area contributed by atoms with Gasteiger partial charge >= 0.3 is 0 Å². The molecule has 0 unspecified atom stereocenters. The van der Waals surface area contributed by atoms with Gasteiger partial charge in [0.2, 0.25) is 0 Å². The lowest BCUT2D eigenvalue weighted by atomic mass is 9.97. The summed E-state index contributed by atoms with van der Waals surface area (Å²) in [6.45, 7) is 1.59. The largest absolute Gasteiger partial charge is 0.368 e. The summed E-state index contributed by atoms with van der Waals surface area (Å²) in [5.41, 5.74) is 3.10. The van der Waals surface area contributed by atoms with Gasteiger partial charge in [0.25, 0.3) is 5.56 Å². The van der Waals surface area contributed by atoms with Gasteiger partial charge in [-0.05, 0) is 37.1 Å². The molecule has 1 N–H and O–H groups in total. The molecule has 0 aliphatic carbocycles. The highest BCUT2D eigenvalue weighted by Crippen LogP contribution is 2.31. The number of hydrogen-bond donors (Lipinski definition) is 1. The van der Waals surface area contributed by atoms with E-state index in [4.69, 9.17) is 16.6 Å². The molecule has 0 bridgehead atoms. The molecule has 3 heterocycles. The summed E-state index contributed by atoms with van der Waals surface area (Å²) in [6.07, 6.45) is 3.74. The topological polar surface area (TPSA) is 66.8 Å². The SMILES string of the molecule is O=c1c(Cl)c(N2CCC[C@H](c3nc4ccccc4[nH]3)C2)cnn1-c1ccccc1. The Hall–Kier alpha value is -3.12. The standard InChI is InChI=1S/C22H20ClN5O/c23-20-19(13-24-28(22(20)29)16-8-2-1-3-9-16)27-12-6-7-15(14-27)21-25-17-10-4-5-11-18(17)26-21/h1-5,8-11,13,15H,6-7,12,14H2,(H,25,26)/t15-/m0/s1. The molecule has 1 saturated heterocycles. The molecule has 1 atom stereocenters. The average molecular weight is 406 g/mol. The Bertz CT molecular complexity index is 1180. The van der Waals surface area contributed by atoms with Crippen LogP contribution in [-0.2, 0) is 0 Å². The number of rotatable bonds is 3. The van der Waals surface area contributed by atoms with Crippen molar-refractivity contribution >= 4 is 28.3 Å². The molecule has 0 radical (unpaired) electrons. The maximum atomic E-state index is 12.8. The number of aromatic nitrogens is 4. The number of piperidine rings is 1. The summed E-state index contributed by atoms with van der Waals surface area (Å²) in [7, 11) is 0. The van der Waals surface area contributed by atoms with Crippen molar-refractivity contribution in [1.82, 2.24) is 19.7 Å². The number of para-hydroxylation sites is 3. The van der Waals surface area contributed by atoms with E-state index in [9.17, 15) is 4.79 Å². The highest BCUT2D eigenvalue weighted by atomic mass is 35.5. The Morgan fingerprint density at radius 2 is 1.86 bits per heavy atom. The van der Waals surface area contributed by atoms with Crippen LogP contribution in [0.1, 0.15) is 24.6 Å². The van der Waals surface area contributed by atoms with Crippen LogP contribution >= 0.6 is 11.6 Å². The van der Waals surface area contributed by atoms with Gasteiger partial charge in [-0.1, -0.05) is 41.9 Å². The van der Waals surface area contributed by atoms with E-state index in [0.717, 1.165) is 42.8 Å². The second-order valence-electron chi connectivity index (χ2n) is 7.32. The molecule has 2 aromatic carbocycles. The lowest BCUT2D eigenvalue weighted by Gasteiger charge is -2.33. The van der Waals surface area contributed by atoms with E-state index >= 15 is 0 Å². The first-order chi connectivity index (χ1) is 14.2. The number of imidazole rings is 1. The van der Waals surface area contributed by atoms with E-state index in [0.29, 0.717) is 11.4 Å². The van der Waals surface area contributed by atoms with Crippen molar-refractivity contribution in [2.75, 3.05) is 18.0 Å². The minimum absolute atomic E-state index is 0.203. The van der Waals surface area contributed by atoms with E-state index < -0.39 is 0 Å². The third kappa shape index (κ3) is 3.29. The Balaban J connectivity index is 1.45. The van der Waals surface area contributed by atoms with Crippen molar-refractivity contribution in [3.8, 4) is 5.69 Å². The first-order valence-electron chi connectivity index (χ1n) is 9.73. The first-order valence-corrected chi connectivity index (χ1v) is 10.1. The van der Waals surface area contributed by atoms with Gasteiger partial charge in [-0.2, -0.15) is 9.78 Å². The van der Waals surface area contributed by atoms with Gasteiger partial charge < -0.3 is 9.88 Å². The molecule has 1 aliphatic rings. The predicted octanol–water partition coefficient (Wildman–Crippen LogP) is 4.15. The van der Waals surface area contributed by atoms with Gasteiger partial charge in [0.15, 0.2) is 0 Å². The molecule has 1 aliphatic heterocycles. The summed E-state index contributed by atoms with van der Waals surface area (Å²) in [4.78, 5) is 23.2. The number of nitrogens with zero attached hydrogens (tertiary/aromatic N) is 4. The zero-order chi connectivity index (χ0) is 19.8. The van der Waals surface area contributed by atoms with E-state index in [1.165, 1.54) is 4.68 Å². The molecule has 4 aromatic rings. The Morgan fingerprint density at radius 3 is 2.69 bits per heavy atom.